The van der Waals surface area contributed by atoms with Gasteiger partial charge in [-0.3, -0.25) is 9.89 Å². The van der Waals surface area contributed by atoms with Gasteiger partial charge in [0.05, 0.1) is 11.7 Å². The Morgan fingerprint density at radius 1 is 1.17 bits per heavy atom. The van der Waals surface area contributed by atoms with Crippen LogP contribution >= 0.6 is 0 Å². The van der Waals surface area contributed by atoms with Crippen molar-refractivity contribution in [3.8, 4) is 11.3 Å². The molecule has 3 heterocycles. The fourth-order valence-corrected chi connectivity index (χ4v) is 2.61. The van der Waals surface area contributed by atoms with Crippen molar-refractivity contribution in [2.75, 3.05) is 5.32 Å². The molecule has 118 valence electrons. The Labute approximate surface area is 137 Å². The highest BCUT2D eigenvalue weighted by Crippen LogP contribution is 2.25. The minimum Gasteiger partial charge on any atom is -0.354 e. The van der Waals surface area contributed by atoms with E-state index in [9.17, 15) is 4.79 Å². The van der Waals surface area contributed by atoms with E-state index in [4.69, 9.17) is 0 Å². The van der Waals surface area contributed by atoms with Gasteiger partial charge in [-0.1, -0.05) is 12.1 Å². The maximum Gasteiger partial charge on any atom is 0.159 e. The van der Waals surface area contributed by atoms with Crippen LogP contribution in [0.15, 0.2) is 55.0 Å². The average Bonchev–Trinajstić information content (AvgIpc) is 3.24. The highest BCUT2D eigenvalue weighted by Gasteiger charge is 2.07. The summed E-state index contributed by atoms with van der Waals surface area (Å²) in [4.78, 5) is 19.3. The molecule has 0 saturated heterocycles. The third kappa shape index (κ3) is 2.65. The zero-order valence-electron chi connectivity index (χ0n) is 13.0. The van der Waals surface area contributed by atoms with Crippen molar-refractivity contribution in [3.05, 3.63) is 60.6 Å². The fraction of sp³-hybridized carbons (Fsp3) is 0.0556. The molecule has 4 aromatic rings. The quantitative estimate of drug-likeness (QED) is 0.498. The predicted octanol–water partition coefficient (Wildman–Crippen LogP) is 3.90. The predicted molar refractivity (Wildman–Crippen MR) is 93.4 cm³/mol. The summed E-state index contributed by atoms with van der Waals surface area (Å²) in [5.41, 5.74) is 4.46. The number of hydrogen-bond donors (Lipinski definition) is 3. The van der Waals surface area contributed by atoms with Gasteiger partial charge in [0, 0.05) is 46.4 Å². The third-order valence-electron chi connectivity index (χ3n) is 3.85. The second-order valence-electron chi connectivity index (χ2n) is 5.59. The SMILES string of the molecule is CC(=O)c1cccc(Nc2cc3[nH]c(-c4cn[nH]c4)cc3cn2)c1. The van der Waals surface area contributed by atoms with E-state index in [-0.39, 0.29) is 5.78 Å². The fourth-order valence-electron chi connectivity index (χ4n) is 2.61. The molecule has 0 aliphatic heterocycles. The van der Waals surface area contributed by atoms with Crippen LogP contribution in [-0.4, -0.2) is 25.9 Å². The maximum absolute atomic E-state index is 11.5. The second-order valence-corrected chi connectivity index (χ2v) is 5.59. The van der Waals surface area contributed by atoms with E-state index in [0.29, 0.717) is 11.4 Å². The Morgan fingerprint density at radius 3 is 2.88 bits per heavy atom. The van der Waals surface area contributed by atoms with Crippen molar-refractivity contribution in [2.45, 2.75) is 6.92 Å². The van der Waals surface area contributed by atoms with Crippen molar-refractivity contribution in [1.82, 2.24) is 20.2 Å². The van der Waals surface area contributed by atoms with E-state index in [0.717, 1.165) is 27.8 Å². The molecule has 3 aromatic heterocycles. The lowest BCUT2D eigenvalue weighted by Gasteiger charge is -2.06. The molecule has 0 radical (unpaired) electrons. The van der Waals surface area contributed by atoms with Gasteiger partial charge < -0.3 is 10.3 Å². The summed E-state index contributed by atoms with van der Waals surface area (Å²) in [6.07, 6.45) is 5.42. The Morgan fingerprint density at radius 2 is 2.08 bits per heavy atom. The summed E-state index contributed by atoms with van der Waals surface area (Å²) in [5, 5.41) is 11.0. The van der Waals surface area contributed by atoms with Gasteiger partial charge in [0.15, 0.2) is 5.78 Å². The van der Waals surface area contributed by atoms with Gasteiger partial charge in [-0.25, -0.2) is 4.98 Å². The number of benzene rings is 1. The first-order valence-electron chi connectivity index (χ1n) is 7.55. The number of pyridine rings is 1. The Balaban J connectivity index is 1.65. The standard InChI is InChI=1S/C18H15N5O/c1-11(24)12-3-2-4-15(5-12)22-18-7-17-13(8-19-18)6-16(23-17)14-9-20-21-10-14/h2-10,23H,1H3,(H,19,22)(H,20,21). The number of hydrogen-bond acceptors (Lipinski definition) is 4. The van der Waals surface area contributed by atoms with Gasteiger partial charge in [0.1, 0.15) is 5.82 Å². The lowest BCUT2D eigenvalue weighted by molar-refractivity contribution is 0.101. The molecule has 0 aliphatic rings. The zero-order valence-corrected chi connectivity index (χ0v) is 13.0. The molecule has 4 rings (SSSR count). The first-order chi connectivity index (χ1) is 11.7. The lowest BCUT2D eigenvalue weighted by Crippen LogP contribution is -1.96. The summed E-state index contributed by atoms with van der Waals surface area (Å²) < 4.78 is 0. The van der Waals surface area contributed by atoms with Crippen LogP contribution in [0, 0.1) is 0 Å². The molecule has 0 atom stereocenters. The number of rotatable bonds is 4. The van der Waals surface area contributed by atoms with Gasteiger partial charge in [-0.2, -0.15) is 5.10 Å². The van der Waals surface area contributed by atoms with Crippen molar-refractivity contribution < 1.29 is 4.79 Å². The van der Waals surface area contributed by atoms with Crippen LogP contribution in [0.4, 0.5) is 11.5 Å². The molecule has 0 amide bonds. The molecule has 0 saturated carbocycles. The number of anilines is 2. The lowest BCUT2D eigenvalue weighted by atomic mass is 10.1. The molecule has 0 spiro atoms. The molecule has 6 heteroatoms. The van der Waals surface area contributed by atoms with Gasteiger partial charge in [-0.05, 0) is 25.1 Å². The van der Waals surface area contributed by atoms with Crippen LogP contribution in [0.2, 0.25) is 0 Å². The smallest absolute Gasteiger partial charge is 0.159 e. The van der Waals surface area contributed by atoms with Crippen molar-refractivity contribution in [3.63, 3.8) is 0 Å². The van der Waals surface area contributed by atoms with E-state index in [1.807, 2.05) is 42.7 Å². The highest BCUT2D eigenvalue weighted by molar-refractivity contribution is 5.95. The number of nitrogens with one attached hydrogen (secondary N) is 3. The first-order valence-corrected chi connectivity index (χ1v) is 7.55. The molecular weight excluding hydrogens is 302 g/mol. The Hall–Kier alpha value is -3.41. The zero-order chi connectivity index (χ0) is 16.5. The molecule has 6 nitrogen and oxygen atoms in total. The van der Waals surface area contributed by atoms with E-state index < -0.39 is 0 Å². The summed E-state index contributed by atoms with van der Waals surface area (Å²) in [5.74, 6) is 0.750. The highest BCUT2D eigenvalue weighted by atomic mass is 16.1. The summed E-state index contributed by atoms with van der Waals surface area (Å²) >= 11 is 0. The minimum atomic E-state index is 0.0381. The molecule has 3 N–H and O–H groups in total. The van der Waals surface area contributed by atoms with Gasteiger partial charge in [0.25, 0.3) is 0 Å². The van der Waals surface area contributed by atoms with Gasteiger partial charge in [0.2, 0.25) is 0 Å². The normalized spacial score (nSPS) is 10.9. The van der Waals surface area contributed by atoms with Crippen LogP contribution in [-0.2, 0) is 0 Å². The van der Waals surface area contributed by atoms with E-state index in [1.165, 1.54) is 0 Å². The third-order valence-corrected chi connectivity index (χ3v) is 3.85. The Kier molecular flexibility index (Phi) is 3.35. The van der Waals surface area contributed by atoms with Crippen LogP contribution in [0.5, 0.6) is 0 Å². The van der Waals surface area contributed by atoms with Crippen molar-refractivity contribution in [1.29, 1.82) is 0 Å². The molecule has 0 aliphatic carbocycles. The number of Topliss-reactive ketones (excluding diaryl/α,β-unsaturated/α-hetero) is 1. The summed E-state index contributed by atoms with van der Waals surface area (Å²) in [6, 6.07) is 11.4. The number of H-pyrrole nitrogens is 2. The van der Waals surface area contributed by atoms with Crippen LogP contribution in [0.25, 0.3) is 22.2 Å². The van der Waals surface area contributed by atoms with Crippen LogP contribution in [0.3, 0.4) is 0 Å². The number of aromatic amines is 2. The Bertz CT molecular complexity index is 1020. The molecule has 1 aromatic carbocycles. The second kappa shape index (κ2) is 5.66. The van der Waals surface area contributed by atoms with Crippen molar-refractivity contribution in [2.24, 2.45) is 0 Å². The molecule has 0 bridgehead atoms. The van der Waals surface area contributed by atoms with E-state index in [1.54, 1.807) is 19.2 Å². The number of nitrogens with zero attached hydrogens (tertiary/aromatic N) is 2. The first kappa shape index (κ1) is 14.2. The number of aromatic nitrogens is 4. The topological polar surface area (TPSA) is 86.5 Å². The molecule has 0 unspecified atom stereocenters. The molecule has 24 heavy (non-hydrogen) atoms. The number of carbonyl (C=O) groups excluding carboxylic acids is 1. The monoisotopic (exact) mass is 317 g/mol. The van der Waals surface area contributed by atoms with Gasteiger partial charge in [-0.15, -0.1) is 0 Å². The summed E-state index contributed by atoms with van der Waals surface area (Å²) in [7, 11) is 0. The van der Waals surface area contributed by atoms with E-state index >= 15 is 0 Å². The minimum absolute atomic E-state index is 0.0381. The molecular formula is C18H15N5O. The summed E-state index contributed by atoms with van der Waals surface area (Å²) in [6.45, 7) is 1.56. The van der Waals surface area contributed by atoms with Crippen LogP contribution in [0.1, 0.15) is 17.3 Å². The van der Waals surface area contributed by atoms with Crippen molar-refractivity contribution >= 4 is 28.2 Å². The number of carbonyl (C=O) groups is 1. The van der Waals surface area contributed by atoms with E-state index in [2.05, 4.69) is 25.5 Å². The number of fused-ring (bicyclic) bond motifs is 1. The van der Waals surface area contributed by atoms with Crippen LogP contribution < -0.4 is 5.32 Å². The largest absolute Gasteiger partial charge is 0.354 e. The van der Waals surface area contributed by atoms with Gasteiger partial charge >= 0.3 is 0 Å². The maximum atomic E-state index is 11.5. The number of ketones is 1. The average molecular weight is 317 g/mol. The molecule has 0 fully saturated rings.